The van der Waals surface area contributed by atoms with Crippen LogP contribution in [0.1, 0.15) is 28.8 Å². The second-order valence-corrected chi connectivity index (χ2v) is 8.55. The van der Waals surface area contributed by atoms with Gasteiger partial charge in [0.2, 0.25) is 0 Å². The van der Waals surface area contributed by atoms with E-state index in [1.165, 1.54) is 0 Å². The Hall–Kier alpha value is -0.400. The zero-order valence-electron chi connectivity index (χ0n) is 10.7. The number of carbonyl (C=O) groups excluding carboxylic acids is 1. The van der Waals surface area contributed by atoms with Crippen molar-refractivity contribution in [3.05, 3.63) is 54.2 Å². The summed E-state index contributed by atoms with van der Waals surface area (Å²) in [5.74, 6) is 0.155. The van der Waals surface area contributed by atoms with E-state index in [9.17, 15) is 4.79 Å². The van der Waals surface area contributed by atoms with Gasteiger partial charge < -0.3 is 4.90 Å². The predicted molar refractivity (Wildman–Crippen MR) is 94.1 cm³/mol. The summed E-state index contributed by atoms with van der Waals surface area (Å²) < 4.78 is 2.22. The van der Waals surface area contributed by atoms with E-state index in [-0.39, 0.29) is 5.91 Å². The largest absolute Gasteiger partial charge is 0.331 e. The third-order valence-corrected chi connectivity index (χ3v) is 5.92. The van der Waals surface area contributed by atoms with Gasteiger partial charge in [-0.15, -0.1) is 11.3 Å². The van der Waals surface area contributed by atoms with Crippen LogP contribution in [0.4, 0.5) is 0 Å². The number of rotatable bonds is 4. The SMILES string of the molecule is O=C(c1csc(I)c1)N(Cc1ccccc1Br)C1CC1. The van der Waals surface area contributed by atoms with Crippen molar-refractivity contribution in [2.75, 3.05) is 0 Å². The van der Waals surface area contributed by atoms with Crippen molar-refractivity contribution >= 4 is 55.8 Å². The quantitative estimate of drug-likeness (QED) is 0.591. The number of nitrogens with zero attached hydrogens (tertiary/aromatic N) is 1. The van der Waals surface area contributed by atoms with Crippen molar-refractivity contribution in [1.82, 2.24) is 4.90 Å². The zero-order valence-corrected chi connectivity index (χ0v) is 15.2. The molecule has 1 fully saturated rings. The van der Waals surface area contributed by atoms with E-state index in [1.807, 2.05) is 34.5 Å². The Morgan fingerprint density at radius 2 is 2.15 bits per heavy atom. The van der Waals surface area contributed by atoms with Crippen LogP contribution in [-0.4, -0.2) is 16.8 Å². The Kier molecular flexibility index (Phi) is 4.47. The fraction of sp³-hybridized carbons (Fsp3) is 0.267. The van der Waals surface area contributed by atoms with Crippen LogP contribution < -0.4 is 0 Å². The first kappa shape index (κ1) is 14.5. The molecule has 1 aromatic carbocycles. The van der Waals surface area contributed by atoms with Crippen LogP contribution in [0.15, 0.2) is 40.2 Å². The van der Waals surface area contributed by atoms with Gasteiger partial charge in [0.25, 0.3) is 5.91 Å². The van der Waals surface area contributed by atoms with E-state index < -0.39 is 0 Å². The highest BCUT2D eigenvalue weighted by Crippen LogP contribution is 2.32. The maximum absolute atomic E-state index is 12.7. The average molecular weight is 462 g/mol. The standard InChI is InChI=1S/C15H13BrINOS/c16-13-4-2-1-3-10(13)8-18(12-5-6-12)15(19)11-7-14(17)20-9-11/h1-4,7,9,12H,5-6,8H2. The number of hydrogen-bond acceptors (Lipinski definition) is 2. The van der Waals surface area contributed by atoms with E-state index >= 15 is 0 Å². The van der Waals surface area contributed by atoms with Crippen LogP contribution in [0.3, 0.4) is 0 Å². The van der Waals surface area contributed by atoms with Crippen molar-refractivity contribution in [3.8, 4) is 0 Å². The molecule has 0 bridgehead atoms. The molecule has 1 aromatic heterocycles. The second-order valence-electron chi connectivity index (χ2n) is 4.90. The highest BCUT2D eigenvalue weighted by atomic mass is 127. The lowest BCUT2D eigenvalue weighted by Crippen LogP contribution is -2.32. The molecular formula is C15H13BrINOS. The smallest absolute Gasteiger partial charge is 0.255 e. The molecule has 0 aliphatic heterocycles. The fourth-order valence-corrected chi connectivity index (χ4v) is 3.88. The van der Waals surface area contributed by atoms with Crippen molar-refractivity contribution in [1.29, 1.82) is 0 Å². The number of carbonyl (C=O) groups is 1. The number of halogens is 2. The predicted octanol–water partition coefficient (Wildman–Crippen LogP) is 4.92. The summed E-state index contributed by atoms with van der Waals surface area (Å²) in [5, 5.41) is 1.96. The van der Waals surface area contributed by atoms with Crippen molar-refractivity contribution < 1.29 is 4.79 Å². The maximum atomic E-state index is 12.7. The molecule has 0 saturated heterocycles. The van der Waals surface area contributed by atoms with Gasteiger partial charge in [-0.3, -0.25) is 4.79 Å². The number of thiophene rings is 1. The second kappa shape index (κ2) is 6.15. The van der Waals surface area contributed by atoms with Gasteiger partial charge in [0.05, 0.1) is 8.45 Å². The van der Waals surface area contributed by atoms with Gasteiger partial charge in [0.1, 0.15) is 0 Å². The summed E-state index contributed by atoms with van der Waals surface area (Å²) >= 11 is 7.45. The molecule has 0 radical (unpaired) electrons. The first-order valence-electron chi connectivity index (χ1n) is 6.43. The summed E-state index contributed by atoms with van der Waals surface area (Å²) in [6, 6.07) is 10.5. The van der Waals surface area contributed by atoms with Gasteiger partial charge in [-0.05, 0) is 53.1 Å². The monoisotopic (exact) mass is 461 g/mol. The molecule has 20 heavy (non-hydrogen) atoms. The maximum Gasteiger partial charge on any atom is 0.255 e. The van der Waals surface area contributed by atoms with E-state index in [2.05, 4.69) is 44.6 Å². The first-order chi connectivity index (χ1) is 9.65. The Balaban J connectivity index is 1.83. The molecule has 1 aliphatic rings. The minimum absolute atomic E-state index is 0.155. The third-order valence-electron chi connectivity index (χ3n) is 3.36. The van der Waals surface area contributed by atoms with Crippen molar-refractivity contribution in [2.24, 2.45) is 0 Å². The summed E-state index contributed by atoms with van der Waals surface area (Å²) in [6.45, 7) is 0.678. The third kappa shape index (κ3) is 3.26. The molecule has 5 heteroatoms. The van der Waals surface area contributed by atoms with Crippen LogP contribution in [0, 0.1) is 2.88 Å². The molecule has 0 spiro atoms. The van der Waals surface area contributed by atoms with Crippen molar-refractivity contribution in [2.45, 2.75) is 25.4 Å². The molecule has 104 valence electrons. The summed E-state index contributed by atoms with van der Waals surface area (Å²) in [7, 11) is 0. The molecule has 0 atom stereocenters. The van der Waals surface area contributed by atoms with Crippen LogP contribution in [0.2, 0.25) is 0 Å². The molecule has 2 nitrogen and oxygen atoms in total. The molecule has 1 saturated carbocycles. The lowest BCUT2D eigenvalue weighted by atomic mass is 10.2. The van der Waals surface area contributed by atoms with Gasteiger partial charge in [-0.1, -0.05) is 34.1 Å². The molecule has 1 aliphatic carbocycles. The van der Waals surface area contributed by atoms with Crippen LogP contribution in [-0.2, 0) is 6.54 Å². The highest BCUT2D eigenvalue weighted by Gasteiger charge is 2.33. The summed E-state index contributed by atoms with van der Waals surface area (Å²) in [5.41, 5.74) is 1.98. The highest BCUT2D eigenvalue weighted by molar-refractivity contribution is 14.1. The normalized spacial score (nSPS) is 14.3. The van der Waals surface area contributed by atoms with E-state index in [0.29, 0.717) is 12.6 Å². The lowest BCUT2D eigenvalue weighted by molar-refractivity contribution is 0.0730. The van der Waals surface area contributed by atoms with Crippen LogP contribution in [0.25, 0.3) is 0 Å². The average Bonchev–Trinajstić information content (AvgIpc) is 3.18. The minimum atomic E-state index is 0.155. The topological polar surface area (TPSA) is 20.3 Å². The molecule has 3 rings (SSSR count). The van der Waals surface area contributed by atoms with Gasteiger partial charge in [-0.25, -0.2) is 0 Å². The molecule has 0 N–H and O–H groups in total. The van der Waals surface area contributed by atoms with Gasteiger partial charge in [0, 0.05) is 22.4 Å². The van der Waals surface area contributed by atoms with Gasteiger partial charge in [-0.2, -0.15) is 0 Å². The molecule has 1 heterocycles. The van der Waals surface area contributed by atoms with Crippen LogP contribution in [0.5, 0.6) is 0 Å². The van der Waals surface area contributed by atoms with Crippen LogP contribution >= 0.6 is 49.9 Å². The number of hydrogen-bond donors (Lipinski definition) is 0. The van der Waals surface area contributed by atoms with Crippen molar-refractivity contribution in [3.63, 3.8) is 0 Å². The number of amides is 1. The van der Waals surface area contributed by atoms with E-state index in [4.69, 9.17) is 0 Å². The van der Waals surface area contributed by atoms with Gasteiger partial charge >= 0.3 is 0 Å². The first-order valence-corrected chi connectivity index (χ1v) is 9.18. The molecule has 1 amide bonds. The summed E-state index contributed by atoms with van der Waals surface area (Å²) in [6.07, 6.45) is 2.24. The summed E-state index contributed by atoms with van der Waals surface area (Å²) in [4.78, 5) is 14.7. The minimum Gasteiger partial charge on any atom is -0.331 e. The molecule has 0 unspecified atom stereocenters. The number of benzene rings is 1. The van der Waals surface area contributed by atoms with E-state index in [0.717, 1.165) is 31.3 Å². The van der Waals surface area contributed by atoms with E-state index in [1.54, 1.807) is 11.3 Å². The lowest BCUT2D eigenvalue weighted by Gasteiger charge is -2.22. The Morgan fingerprint density at radius 1 is 1.40 bits per heavy atom. The van der Waals surface area contributed by atoms with Gasteiger partial charge in [0.15, 0.2) is 0 Å². The zero-order chi connectivity index (χ0) is 14.1. The molecular weight excluding hydrogens is 449 g/mol. The Bertz CT molecular complexity index is 638. The Labute approximate surface area is 144 Å². The fourth-order valence-electron chi connectivity index (χ4n) is 2.15. The molecule has 2 aromatic rings. The Morgan fingerprint density at radius 3 is 2.75 bits per heavy atom.